The van der Waals surface area contributed by atoms with Crippen molar-refractivity contribution in [1.29, 1.82) is 0 Å². The maximum absolute atomic E-state index is 9.68. The summed E-state index contributed by atoms with van der Waals surface area (Å²) in [7, 11) is 0. The lowest BCUT2D eigenvalue weighted by atomic mass is 10.1. The van der Waals surface area contributed by atoms with Gasteiger partial charge in [-0.1, -0.05) is 34.1 Å². The zero-order valence-corrected chi connectivity index (χ0v) is 9.12. The van der Waals surface area contributed by atoms with Crippen molar-refractivity contribution in [2.45, 2.75) is 13.0 Å². The average molecular weight is 245 g/mol. The van der Waals surface area contributed by atoms with Crippen molar-refractivity contribution in [3.8, 4) is 0 Å². The highest BCUT2D eigenvalue weighted by Crippen LogP contribution is 2.22. The van der Waals surface area contributed by atoms with E-state index < -0.39 is 6.10 Å². The van der Waals surface area contributed by atoms with Crippen LogP contribution in [0.2, 0.25) is 0 Å². The molecule has 0 saturated heterocycles. The van der Waals surface area contributed by atoms with Gasteiger partial charge in [0.2, 0.25) is 0 Å². The van der Waals surface area contributed by atoms with Gasteiger partial charge in [-0.2, -0.15) is 0 Å². The Balaban J connectivity index is 2.65. The zero-order chi connectivity index (χ0) is 9.68. The summed E-state index contributed by atoms with van der Waals surface area (Å²) in [5.74, 6) is 0. The second-order valence-electron chi connectivity index (χ2n) is 2.70. The Morgan fingerprint density at radius 2 is 2.15 bits per heavy atom. The maximum Gasteiger partial charge on any atom is 0.103 e. The minimum Gasteiger partial charge on any atom is -0.386 e. The first-order valence-electron chi connectivity index (χ1n) is 4.26. The molecule has 0 saturated carbocycles. The molecule has 1 rings (SSSR count). The topological polar surface area (TPSA) is 29.5 Å². The van der Waals surface area contributed by atoms with E-state index >= 15 is 0 Å². The van der Waals surface area contributed by atoms with Crippen molar-refractivity contribution < 1.29 is 9.84 Å². The van der Waals surface area contributed by atoms with Gasteiger partial charge in [-0.3, -0.25) is 0 Å². The van der Waals surface area contributed by atoms with Gasteiger partial charge in [0.1, 0.15) is 6.10 Å². The number of aliphatic hydroxyl groups is 1. The van der Waals surface area contributed by atoms with E-state index in [0.29, 0.717) is 13.2 Å². The van der Waals surface area contributed by atoms with E-state index in [1.807, 2.05) is 31.2 Å². The Hall–Kier alpha value is -0.380. The fraction of sp³-hybridized carbons (Fsp3) is 0.400. The van der Waals surface area contributed by atoms with Gasteiger partial charge >= 0.3 is 0 Å². The number of hydrogen-bond acceptors (Lipinski definition) is 2. The Kier molecular flexibility index (Phi) is 4.42. The van der Waals surface area contributed by atoms with Crippen LogP contribution < -0.4 is 0 Å². The second-order valence-corrected chi connectivity index (χ2v) is 3.55. The molecule has 0 heterocycles. The van der Waals surface area contributed by atoms with E-state index in [2.05, 4.69) is 15.9 Å². The summed E-state index contributed by atoms with van der Waals surface area (Å²) in [6.45, 7) is 2.88. The first kappa shape index (κ1) is 10.7. The van der Waals surface area contributed by atoms with E-state index in [1.165, 1.54) is 0 Å². The maximum atomic E-state index is 9.68. The lowest BCUT2D eigenvalue weighted by molar-refractivity contribution is 0.0416. The van der Waals surface area contributed by atoms with E-state index in [4.69, 9.17) is 4.74 Å². The first-order valence-corrected chi connectivity index (χ1v) is 5.05. The number of halogens is 1. The van der Waals surface area contributed by atoms with Gasteiger partial charge < -0.3 is 9.84 Å². The average Bonchev–Trinajstić information content (AvgIpc) is 2.15. The molecule has 72 valence electrons. The molecule has 13 heavy (non-hydrogen) atoms. The molecule has 3 heteroatoms. The molecule has 1 N–H and O–H groups in total. The van der Waals surface area contributed by atoms with Crippen molar-refractivity contribution in [3.05, 3.63) is 34.3 Å². The molecule has 1 aromatic rings. The predicted octanol–water partition coefficient (Wildman–Crippen LogP) is 2.52. The third-order valence-electron chi connectivity index (χ3n) is 1.74. The smallest absolute Gasteiger partial charge is 0.103 e. The van der Waals surface area contributed by atoms with Gasteiger partial charge in [0, 0.05) is 11.1 Å². The standard InChI is InChI=1S/C10H13BrO2/c1-2-13-7-10(12)8-5-3-4-6-9(8)11/h3-6,10,12H,2,7H2,1H3. The molecule has 0 amide bonds. The SMILES string of the molecule is CCOCC(O)c1ccccc1Br. The first-order chi connectivity index (χ1) is 6.25. The van der Waals surface area contributed by atoms with Crippen molar-refractivity contribution in [1.82, 2.24) is 0 Å². The van der Waals surface area contributed by atoms with Gasteiger partial charge in [0.15, 0.2) is 0 Å². The summed E-state index contributed by atoms with van der Waals surface area (Å²) < 4.78 is 6.05. The Morgan fingerprint density at radius 1 is 1.46 bits per heavy atom. The third-order valence-corrected chi connectivity index (χ3v) is 2.47. The van der Waals surface area contributed by atoms with Crippen LogP contribution in [0.5, 0.6) is 0 Å². The largest absolute Gasteiger partial charge is 0.386 e. The van der Waals surface area contributed by atoms with Crippen molar-refractivity contribution >= 4 is 15.9 Å². The highest BCUT2D eigenvalue weighted by Gasteiger charge is 2.09. The van der Waals surface area contributed by atoms with Gasteiger partial charge in [-0.15, -0.1) is 0 Å². The Morgan fingerprint density at radius 3 is 2.77 bits per heavy atom. The van der Waals surface area contributed by atoms with Crippen LogP contribution in [0.4, 0.5) is 0 Å². The van der Waals surface area contributed by atoms with Crippen LogP contribution in [0, 0.1) is 0 Å². The van der Waals surface area contributed by atoms with E-state index in [0.717, 1.165) is 10.0 Å². The molecular formula is C10H13BrO2. The van der Waals surface area contributed by atoms with Gasteiger partial charge in [0.05, 0.1) is 6.61 Å². The van der Waals surface area contributed by atoms with Gasteiger partial charge in [-0.25, -0.2) is 0 Å². The fourth-order valence-corrected chi connectivity index (χ4v) is 1.61. The van der Waals surface area contributed by atoms with Crippen LogP contribution in [-0.2, 0) is 4.74 Å². The zero-order valence-electron chi connectivity index (χ0n) is 7.53. The fourth-order valence-electron chi connectivity index (χ4n) is 1.06. The monoisotopic (exact) mass is 244 g/mol. The van der Waals surface area contributed by atoms with Crippen LogP contribution in [0.1, 0.15) is 18.6 Å². The van der Waals surface area contributed by atoms with E-state index in [-0.39, 0.29) is 0 Å². The number of benzene rings is 1. The van der Waals surface area contributed by atoms with Gasteiger partial charge in [0.25, 0.3) is 0 Å². The number of aliphatic hydroxyl groups excluding tert-OH is 1. The lowest BCUT2D eigenvalue weighted by Crippen LogP contribution is -2.07. The highest BCUT2D eigenvalue weighted by atomic mass is 79.9. The normalized spacial score (nSPS) is 12.8. The van der Waals surface area contributed by atoms with Crippen LogP contribution >= 0.6 is 15.9 Å². The molecule has 0 bridgehead atoms. The van der Waals surface area contributed by atoms with Crippen LogP contribution in [0.15, 0.2) is 28.7 Å². The molecular weight excluding hydrogens is 232 g/mol. The summed E-state index contributed by atoms with van der Waals surface area (Å²) in [5.41, 5.74) is 0.871. The molecule has 1 atom stereocenters. The molecule has 0 radical (unpaired) electrons. The van der Waals surface area contributed by atoms with Crippen molar-refractivity contribution in [2.24, 2.45) is 0 Å². The minimum absolute atomic E-state index is 0.346. The number of ether oxygens (including phenoxy) is 1. The van der Waals surface area contributed by atoms with Crippen LogP contribution in [-0.4, -0.2) is 18.3 Å². The minimum atomic E-state index is -0.546. The number of hydrogen-bond donors (Lipinski definition) is 1. The molecule has 1 unspecified atom stereocenters. The molecule has 0 aromatic heterocycles. The Bertz CT molecular complexity index is 263. The predicted molar refractivity (Wildman–Crippen MR) is 55.6 cm³/mol. The summed E-state index contributed by atoms with van der Waals surface area (Å²) in [6, 6.07) is 7.61. The molecule has 0 aliphatic rings. The second kappa shape index (κ2) is 5.37. The summed E-state index contributed by atoms with van der Waals surface area (Å²) in [4.78, 5) is 0. The number of rotatable bonds is 4. The third kappa shape index (κ3) is 3.10. The van der Waals surface area contributed by atoms with E-state index in [1.54, 1.807) is 0 Å². The molecule has 1 aromatic carbocycles. The molecule has 0 spiro atoms. The molecule has 0 fully saturated rings. The Labute approximate surface area is 86.7 Å². The highest BCUT2D eigenvalue weighted by molar-refractivity contribution is 9.10. The molecule has 0 aliphatic carbocycles. The summed E-state index contributed by atoms with van der Waals surface area (Å²) >= 11 is 3.37. The van der Waals surface area contributed by atoms with Crippen LogP contribution in [0.25, 0.3) is 0 Å². The van der Waals surface area contributed by atoms with Crippen molar-refractivity contribution in [3.63, 3.8) is 0 Å². The summed E-state index contributed by atoms with van der Waals surface area (Å²) in [6.07, 6.45) is -0.546. The van der Waals surface area contributed by atoms with Crippen molar-refractivity contribution in [2.75, 3.05) is 13.2 Å². The molecule has 0 aliphatic heterocycles. The summed E-state index contributed by atoms with van der Waals surface area (Å²) in [5, 5.41) is 9.68. The quantitative estimate of drug-likeness (QED) is 0.883. The molecule has 2 nitrogen and oxygen atoms in total. The van der Waals surface area contributed by atoms with Crippen LogP contribution in [0.3, 0.4) is 0 Å². The lowest BCUT2D eigenvalue weighted by Gasteiger charge is -2.12. The van der Waals surface area contributed by atoms with Gasteiger partial charge in [-0.05, 0) is 18.6 Å². The van der Waals surface area contributed by atoms with E-state index in [9.17, 15) is 5.11 Å².